The number of Topliss-reactive ketones (excluding diaryl/α,β-unsaturated/α-hetero) is 1. The van der Waals surface area contributed by atoms with Crippen molar-refractivity contribution >= 4 is 51.8 Å². The lowest BCUT2D eigenvalue weighted by molar-refractivity contribution is -0.117. The highest BCUT2D eigenvalue weighted by atomic mass is 35.5. The molecular formula is C20H18ClN3O2S. The summed E-state index contributed by atoms with van der Waals surface area (Å²) in [5.74, 6) is 0.475. The molecule has 1 aromatic heterocycles. The van der Waals surface area contributed by atoms with Crippen molar-refractivity contribution in [3.63, 3.8) is 0 Å². The maximum atomic E-state index is 12.5. The first-order valence-electron chi connectivity index (χ1n) is 8.71. The molecule has 0 atom stereocenters. The number of carbonyl (C=O) groups excluding carboxylic acids is 2. The maximum Gasteiger partial charge on any atom is 0.227 e. The van der Waals surface area contributed by atoms with E-state index in [2.05, 4.69) is 4.98 Å². The Morgan fingerprint density at radius 2 is 2.00 bits per heavy atom. The summed E-state index contributed by atoms with van der Waals surface area (Å²) in [7, 11) is 1.93. The van der Waals surface area contributed by atoms with Crippen molar-refractivity contribution in [2.75, 3.05) is 17.2 Å². The van der Waals surface area contributed by atoms with Crippen molar-refractivity contribution in [3.05, 3.63) is 53.1 Å². The van der Waals surface area contributed by atoms with Crippen LogP contribution in [0.4, 0.5) is 5.69 Å². The molecule has 3 aromatic rings. The Kier molecular flexibility index (Phi) is 4.93. The zero-order chi connectivity index (χ0) is 19.0. The number of hydrogen-bond donors (Lipinski definition) is 0. The van der Waals surface area contributed by atoms with E-state index in [4.69, 9.17) is 11.6 Å². The molecule has 0 bridgehead atoms. The average molecular weight is 400 g/mol. The first-order chi connectivity index (χ1) is 13.0. The fourth-order valence-electron chi connectivity index (χ4n) is 3.24. The highest BCUT2D eigenvalue weighted by Crippen LogP contribution is 2.26. The summed E-state index contributed by atoms with van der Waals surface area (Å²) >= 11 is 7.43. The quantitative estimate of drug-likeness (QED) is 0.473. The van der Waals surface area contributed by atoms with Gasteiger partial charge in [-0.3, -0.25) is 9.59 Å². The highest BCUT2D eigenvalue weighted by molar-refractivity contribution is 7.99. The number of halogens is 1. The lowest BCUT2D eigenvalue weighted by Crippen LogP contribution is -2.23. The topological polar surface area (TPSA) is 55.2 Å². The van der Waals surface area contributed by atoms with Gasteiger partial charge < -0.3 is 9.47 Å². The van der Waals surface area contributed by atoms with E-state index in [1.54, 1.807) is 17.0 Å². The molecule has 7 heteroatoms. The largest absolute Gasteiger partial charge is 0.322 e. The number of carbonyl (C=O) groups is 2. The number of nitrogens with zero attached hydrogens (tertiary/aromatic N) is 3. The smallest absolute Gasteiger partial charge is 0.227 e. The van der Waals surface area contributed by atoms with Crippen molar-refractivity contribution in [1.82, 2.24) is 9.55 Å². The SMILES string of the molecule is Cn1c(SCC(=O)c2ccc(N3CCCC3=O)cc2)nc2cc(Cl)ccc21. The molecule has 138 valence electrons. The van der Waals surface area contributed by atoms with Gasteiger partial charge in [-0.25, -0.2) is 4.98 Å². The first kappa shape index (κ1) is 18.1. The van der Waals surface area contributed by atoms with Gasteiger partial charge in [-0.1, -0.05) is 23.4 Å². The first-order valence-corrected chi connectivity index (χ1v) is 10.1. The van der Waals surface area contributed by atoms with E-state index >= 15 is 0 Å². The third-order valence-corrected chi connectivity index (χ3v) is 5.97. The maximum absolute atomic E-state index is 12.5. The van der Waals surface area contributed by atoms with Crippen molar-refractivity contribution in [2.24, 2.45) is 7.05 Å². The summed E-state index contributed by atoms with van der Waals surface area (Å²) in [6.45, 7) is 0.749. The summed E-state index contributed by atoms with van der Waals surface area (Å²) < 4.78 is 1.96. The number of rotatable bonds is 5. The van der Waals surface area contributed by atoms with Crippen molar-refractivity contribution in [1.29, 1.82) is 0 Å². The molecule has 27 heavy (non-hydrogen) atoms. The summed E-state index contributed by atoms with van der Waals surface area (Å²) in [4.78, 5) is 30.7. The Morgan fingerprint density at radius 3 is 2.70 bits per heavy atom. The van der Waals surface area contributed by atoms with Gasteiger partial charge in [0.05, 0.1) is 16.8 Å². The summed E-state index contributed by atoms with van der Waals surface area (Å²) in [6, 6.07) is 12.8. The molecule has 0 spiro atoms. The molecule has 2 heterocycles. The third kappa shape index (κ3) is 3.59. The number of benzene rings is 2. The fourth-order valence-corrected chi connectivity index (χ4v) is 4.29. The van der Waals surface area contributed by atoms with E-state index in [1.165, 1.54) is 11.8 Å². The Labute approximate surface area is 166 Å². The van der Waals surface area contributed by atoms with E-state index in [-0.39, 0.29) is 11.7 Å². The van der Waals surface area contributed by atoms with Crippen LogP contribution in [0.2, 0.25) is 5.02 Å². The molecule has 0 saturated carbocycles. The Balaban J connectivity index is 1.45. The minimum Gasteiger partial charge on any atom is -0.322 e. The third-order valence-electron chi connectivity index (χ3n) is 4.71. The van der Waals surface area contributed by atoms with Crippen LogP contribution in [-0.4, -0.2) is 33.5 Å². The van der Waals surface area contributed by atoms with Crippen LogP contribution in [0.25, 0.3) is 11.0 Å². The summed E-state index contributed by atoms with van der Waals surface area (Å²) in [5.41, 5.74) is 3.29. The van der Waals surface area contributed by atoms with Gasteiger partial charge in [0, 0.05) is 36.3 Å². The van der Waals surface area contributed by atoms with E-state index in [0.717, 1.165) is 34.8 Å². The summed E-state index contributed by atoms with van der Waals surface area (Å²) in [6.07, 6.45) is 1.49. The minimum absolute atomic E-state index is 0.0318. The van der Waals surface area contributed by atoms with E-state index in [9.17, 15) is 9.59 Å². The second kappa shape index (κ2) is 7.37. The zero-order valence-corrected chi connectivity index (χ0v) is 16.4. The zero-order valence-electron chi connectivity index (χ0n) is 14.8. The van der Waals surface area contributed by atoms with Gasteiger partial charge in [-0.2, -0.15) is 0 Å². The number of hydrogen-bond acceptors (Lipinski definition) is 4. The molecule has 0 N–H and O–H groups in total. The van der Waals surface area contributed by atoms with Gasteiger partial charge in [0.25, 0.3) is 0 Å². The molecular weight excluding hydrogens is 382 g/mol. The van der Waals surface area contributed by atoms with Gasteiger partial charge in [-0.15, -0.1) is 0 Å². The van der Waals surface area contributed by atoms with Crippen LogP contribution >= 0.6 is 23.4 Å². The van der Waals surface area contributed by atoms with Crippen LogP contribution < -0.4 is 4.90 Å². The number of anilines is 1. The van der Waals surface area contributed by atoms with Gasteiger partial charge in [-0.05, 0) is 48.9 Å². The molecule has 1 amide bonds. The Morgan fingerprint density at radius 1 is 1.22 bits per heavy atom. The Bertz CT molecular complexity index is 1030. The van der Waals surface area contributed by atoms with Crippen molar-refractivity contribution in [3.8, 4) is 0 Å². The molecule has 0 aliphatic carbocycles. The van der Waals surface area contributed by atoms with Crippen LogP contribution in [-0.2, 0) is 11.8 Å². The monoisotopic (exact) mass is 399 g/mol. The minimum atomic E-state index is 0.0318. The second-order valence-electron chi connectivity index (χ2n) is 6.49. The van der Waals surface area contributed by atoms with Gasteiger partial charge >= 0.3 is 0 Å². The Hall–Kier alpha value is -2.31. The van der Waals surface area contributed by atoms with Gasteiger partial charge in [0.15, 0.2) is 10.9 Å². The predicted octanol–water partition coefficient (Wildman–Crippen LogP) is 4.33. The van der Waals surface area contributed by atoms with Gasteiger partial charge in [0.2, 0.25) is 5.91 Å². The van der Waals surface area contributed by atoms with E-state index < -0.39 is 0 Å². The van der Waals surface area contributed by atoms with Crippen LogP contribution in [0.15, 0.2) is 47.6 Å². The fraction of sp³-hybridized carbons (Fsp3) is 0.250. The molecule has 1 saturated heterocycles. The van der Waals surface area contributed by atoms with Crippen molar-refractivity contribution < 1.29 is 9.59 Å². The van der Waals surface area contributed by atoms with Crippen molar-refractivity contribution in [2.45, 2.75) is 18.0 Å². The number of ketones is 1. The average Bonchev–Trinajstić information content (AvgIpc) is 3.23. The number of aryl methyl sites for hydroxylation is 1. The molecule has 0 radical (unpaired) electrons. The number of amides is 1. The lowest BCUT2D eigenvalue weighted by Gasteiger charge is -2.15. The van der Waals surface area contributed by atoms with Crippen LogP contribution in [0.3, 0.4) is 0 Å². The van der Waals surface area contributed by atoms with Crippen LogP contribution in [0, 0.1) is 0 Å². The molecule has 1 aliphatic heterocycles. The van der Waals surface area contributed by atoms with Crippen LogP contribution in [0.1, 0.15) is 23.2 Å². The molecule has 1 fully saturated rings. The molecule has 5 nitrogen and oxygen atoms in total. The molecule has 0 unspecified atom stereocenters. The number of thioether (sulfide) groups is 1. The number of fused-ring (bicyclic) bond motifs is 1. The normalized spacial score (nSPS) is 14.3. The number of imidazole rings is 1. The second-order valence-corrected chi connectivity index (χ2v) is 7.87. The molecule has 1 aliphatic rings. The number of aromatic nitrogens is 2. The lowest BCUT2D eigenvalue weighted by atomic mass is 10.1. The highest BCUT2D eigenvalue weighted by Gasteiger charge is 2.21. The molecule has 2 aromatic carbocycles. The molecule has 4 rings (SSSR count). The van der Waals surface area contributed by atoms with E-state index in [1.807, 2.05) is 41.9 Å². The summed E-state index contributed by atoms with van der Waals surface area (Å²) in [5, 5.41) is 1.42. The van der Waals surface area contributed by atoms with Gasteiger partial charge in [0.1, 0.15) is 0 Å². The van der Waals surface area contributed by atoms with E-state index in [0.29, 0.717) is 22.8 Å². The van der Waals surface area contributed by atoms with Crippen LogP contribution in [0.5, 0.6) is 0 Å². The predicted molar refractivity (Wildman–Crippen MR) is 109 cm³/mol. The standard InChI is InChI=1S/C20H18ClN3O2S/c1-23-17-9-6-14(21)11-16(17)22-20(23)27-12-18(25)13-4-7-15(8-5-13)24-10-2-3-19(24)26/h4-9,11H,2-3,10,12H2,1H3.